The smallest absolute Gasteiger partial charge is 0.326 e. The number of aliphatic carboxylic acids is 1. The van der Waals surface area contributed by atoms with Crippen molar-refractivity contribution in [2.45, 2.75) is 63.7 Å². The van der Waals surface area contributed by atoms with Crippen molar-refractivity contribution in [2.24, 2.45) is 17.4 Å². The lowest BCUT2D eigenvalue weighted by Crippen LogP contribution is -2.58. The van der Waals surface area contributed by atoms with Gasteiger partial charge in [0.05, 0.1) is 6.04 Å². The molecule has 0 bridgehead atoms. The van der Waals surface area contributed by atoms with Crippen LogP contribution in [0.1, 0.15) is 38.7 Å². The van der Waals surface area contributed by atoms with Crippen LogP contribution in [0.25, 0.3) is 0 Å². The van der Waals surface area contributed by atoms with Gasteiger partial charge in [-0.3, -0.25) is 19.2 Å². The number of aromatic hydroxyl groups is 1. The molecule has 13 heteroatoms. The highest BCUT2D eigenvalue weighted by molar-refractivity contribution is 7.98. The van der Waals surface area contributed by atoms with E-state index in [9.17, 15) is 34.2 Å². The van der Waals surface area contributed by atoms with Gasteiger partial charge < -0.3 is 37.6 Å². The highest BCUT2D eigenvalue weighted by Gasteiger charge is 2.31. The molecule has 0 aliphatic rings. The summed E-state index contributed by atoms with van der Waals surface area (Å²) in [6.45, 7) is 3.29. The van der Waals surface area contributed by atoms with Gasteiger partial charge in [0.1, 0.15) is 23.9 Å². The fourth-order valence-corrected chi connectivity index (χ4v) is 3.83. The van der Waals surface area contributed by atoms with Gasteiger partial charge in [-0.1, -0.05) is 26.0 Å². The molecule has 0 fully saturated rings. The lowest BCUT2D eigenvalue weighted by Gasteiger charge is -2.26. The summed E-state index contributed by atoms with van der Waals surface area (Å²) >= 11 is 1.43. The van der Waals surface area contributed by atoms with E-state index in [2.05, 4.69) is 16.0 Å². The maximum Gasteiger partial charge on any atom is 0.326 e. The van der Waals surface area contributed by atoms with E-state index in [0.717, 1.165) is 0 Å². The zero-order valence-electron chi connectivity index (χ0n) is 21.2. The molecular formula is C24H37N5O7S. The number of carboxylic acid groups (broad SMARTS) is 1. The fourth-order valence-electron chi connectivity index (χ4n) is 3.36. The molecule has 1 rings (SSSR count). The molecule has 12 nitrogen and oxygen atoms in total. The molecule has 4 atom stereocenters. The summed E-state index contributed by atoms with van der Waals surface area (Å²) < 4.78 is 0. The summed E-state index contributed by atoms with van der Waals surface area (Å²) in [7, 11) is 0. The number of phenolic OH excluding ortho intramolecular Hbond substituents is 1. The Morgan fingerprint density at radius 2 is 1.46 bits per heavy atom. The molecule has 0 aliphatic heterocycles. The van der Waals surface area contributed by atoms with E-state index < -0.39 is 59.7 Å². The standard InChI is InChI=1S/C24H37N5O7S/c1-13(2)20(24(35)36)29-23(34)18(10-11-37-3)28-22(33)17(8-9-19(26)31)27-21(32)16(25)12-14-4-6-15(30)7-5-14/h4-7,13,16-18,20,30H,8-12,25H2,1-3H3,(H2,26,31)(H,27,32)(H,28,33)(H,29,34)(H,35,36). The molecular weight excluding hydrogens is 502 g/mol. The average molecular weight is 540 g/mol. The Balaban J connectivity index is 2.98. The van der Waals surface area contributed by atoms with Gasteiger partial charge in [-0.2, -0.15) is 11.8 Å². The molecule has 0 heterocycles. The highest BCUT2D eigenvalue weighted by atomic mass is 32.2. The zero-order valence-corrected chi connectivity index (χ0v) is 22.0. The third-order valence-corrected chi connectivity index (χ3v) is 6.16. The Bertz CT molecular complexity index is 942. The topological polar surface area (TPSA) is 214 Å². The summed E-state index contributed by atoms with van der Waals surface area (Å²) in [4.78, 5) is 61.5. The van der Waals surface area contributed by atoms with Gasteiger partial charge in [0.25, 0.3) is 0 Å². The summed E-state index contributed by atoms with van der Waals surface area (Å²) in [5, 5.41) is 26.3. The van der Waals surface area contributed by atoms with Crippen molar-refractivity contribution in [1.29, 1.82) is 0 Å². The third kappa shape index (κ3) is 11.5. The second-order valence-corrected chi connectivity index (χ2v) is 9.94. The second-order valence-electron chi connectivity index (χ2n) is 8.95. The first-order valence-corrected chi connectivity index (χ1v) is 13.2. The maximum atomic E-state index is 13.1. The number of carboxylic acids is 1. The third-order valence-electron chi connectivity index (χ3n) is 5.52. The van der Waals surface area contributed by atoms with Crippen molar-refractivity contribution in [3.05, 3.63) is 29.8 Å². The van der Waals surface area contributed by atoms with Crippen LogP contribution in [0.2, 0.25) is 0 Å². The van der Waals surface area contributed by atoms with Crippen LogP contribution in [0.5, 0.6) is 5.75 Å². The average Bonchev–Trinajstić information content (AvgIpc) is 2.82. The Morgan fingerprint density at radius 1 is 0.919 bits per heavy atom. The molecule has 0 spiro atoms. The molecule has 9 N–H and O–H groups in total. The van der Waals surface area contributed by atoms with Gasteiger partial charge in [0, 0.05) is 6.42 Å². The Morgan fingerprint density at radius 3 is 1.97 bits per heavy atom. The Hall–Kier alpha value is -3.32. The van der Waals surface area contributed by atoms with Crippen LogP contribution < -0.4 is 27.4 Å². The van der Waals surface area contributed by atoms with E-state index in [-0.39, 0.29) is 31.4 Å². The lowest BCUT2D eigenvalue weighted by atomic mass is 10.0. The van der Waals surface area contributed by atoms with Gasteiger partial charge in [0.15, 0.2) is 0 Å². The number of nitrogens with one attached hydrogen (secondary N) is 3. The van der Waals surface area contributed by atoms with Gasteiger partial charge >= 0.3 is 5.97 Å². The highest BCUT2D eigenvalue weighted by Crippen LogP contribution is 2.11. The van der Waals surface area contributed by atoms with Crippen molar-refractivity contribution in [1.82, 2.24) is 16.0 Å². The predicted octanol–water partition coefficient (Wildman–Crippen LogP) is -0.524. The number of nitrogens with two attached hydrogens (primary N) is 2. The normalized spacial score (nSPS) is 14.2. The van der Waals surface area contributed by atoms with Gasteiger partial charge in [0.2, 0.25) is 23.6 Å². The van der Waals surface area contributed by atoms with E-state index in [1.807, 2.05) is 6.26 Å². The summed E-state index contributed by atoms with van der Waals surface area (Å²) in [6.07, 6.45) is 1.82. The van der Waals surface area contributed by atoms with E-state index in [1.54, 1.807) is 26.0 Å². The molecule has 0 aliphatic carbocycles. The van der Waals surface area contributed by atoms with Crippen LogP contribution >= 0.6 is 11.8 Å². The molecule has 0 saturated carbocycles. The number of phenols is 1. The molecule has 1 aromatic rings. The monoisotopic (exact) mass is 539 g/mol. The molecule has 206 valence electrons. The van der Waals surface area contributed by atoms with Gasteiger partial charge in [-0.05, 0) is 54.9 Å². The number of carbonyl (C=O) groups is 5. The molecule has 4 amide bonds. The number of amides is 4. The van der Waals surface area contributed by atoms with Crippen molar-refractivity contribution < 1.29 is 34.2 Å². The quantitative estimate of drug-likeness (QED) is 0.144. The molecule has 0 aromatic heterocycles. The largest absolute Gasteiger partial charge is 0.508 e. The molecule has 4 unspecified atom stereocenters. The summed E-state index contributed by atoms with van der Waals surface area (Å²) in [5.74, 6) is -3.78. The number of primary amides is 1. The van der Waals surface area contributed by atoms with Crippen molar-refractivity contribution >= 4 is 41.4 Å². The van der Waals surface area contributed by atoms with Crippen molar-refractivity contribution in [3.63, 3.8) is 0 Å². The number of hydrogen-bond donors (Lipinski definition) is 7. The van der Waals surface area contributed by atoms with Crippen LogP contribution in [0.4, 0.5) is 0 Å². The van der Waals surface area contributed by atoms with E-state index in [1.165, 1.54) is 23.9 Å². The fraction of sp³-hybridized carbons (Fsp3) is 0.542. The van der Waals surface area contributed by atoms with Gasteiger partial charge in [-0.25, -0.2) is 4.79 Å². The number of rotatable bonds is 16. The van der Waals surface area contributed by atoms with Crippen LogP contribution in [0.15, 0.2) is 24.3 Å². The first kappa shape index (κ1) is 31.7. The molecule has 0 radical (unpaired) electrons. The molecule has 0 saturated heterocycles. The zero-order chi connectivity index (χ0) is 28.1. The molecule has 37 heavy (non-hydrogen) atoms. The first-order chi connectivity index (χ1) is 17.3. The van der Waals surface area contributed by atoms with E-state index >= 15 is 0 Å². The summed E-state index contributed by atoms with van der Waals surface area (Å²) in [6, 6.07) is 1.66. The van der Waals surface area contributed by atoms with Gasteiger partial charge in [-0.15, -0.1) is 0 Å². The number of carbonyl (C=O) groups excluding carboxylic acids is 4. The SMILES string of the molecule is CSCCC(NC(=O)C(CCC(N)=O)NC(=O)C(N)Cc1ccc(O)cc1)C(=O)NC(C(=O)O)C(C)C. The number of benzene rings is 1. The van der Waals surface area contributed by atoms with Crippen LogP contribution in [-0.4, -0.2) is 76.0 Å². The van der Waals surface area contributed by atoms with Crippen LogP contribution in [0.3, 0.4) is 0 Å². The minimum Gasteiger partial charge on any atom is -0.508 e. The lowest BCUT2D eigenvalue weighted by molar-refractivity contribution is -0.143. The van der Waals surface area contributed by atoms with E-state index in [4.69, 9.17) is 11.5 Å². The number of hydrogen-bond acceptors (Lipinski definition) is 8. The number of thioether (sulfide) groups is 1. The van der Waals surface area contributed by atoms with Crippen LogP contribution in [-0.2, 0) is 30.4 Å². The second kappa shape index (κ2) is 15.7. The Kier molecular flexibility index (Phi) is 13.5. The van der Waals surface area contributed by atoms with E-state index in [0.29, 0.717) is 11.3 Å². The minimum absolute atomic E-state index is 0.0630. The maximum absolute atomic E-state index is 13.1. The van der Waals surface area contributed by atoms with Crippen molar-refractivity contribution in [3.8, 4) is 5.75 Å². The first-order valence-electron chi connectivity index (χ1n) is 11.8. The minimum atomic E-state index is -1.21. The van der Waals surface area contributed by atoms with Crippen molar-refractivity contribution in [2.75, 3.05) is 12.0 Å². The Labute approximate surface area is 220 Å². The predicted molar refractivity (Wildman–Crippen MR) is 139 cm³/mol. The van der Waals surface area contributed by atoms with Crippen LogP contribution in [0, 0.1) is 5.92 Å². The summed E-state index contributed by atoms with van der Waals surface area (Å²) in [5.41, 5.74) is 11.9. The molecule has 1 aromatic carbocycles.